The molecule has 1 unspecified atom stereocenters. The molecule has 1 heterocycles. The Balaban J connectivity index is 1.29. The van der Waals surface area contributed by atoms with E-state index in [9.17, 15) is 12.8 Å². The van der Waals surface area contributed by atoms with E-state index in [1.807, 2.05) is 31.2 Å². The van der Waals surface area contributed by atoms with Gasteiger partial charge in [0.2, 0.25) is 10.0 Å². The molecule has 2 aromatic carbocycles. The minimum atomic E-state index is -3.86. The summed E-state index contributed by atoms with van der Waals surface area (Å²) in [5.41, 5.74) is 3.47. The summed E-state index contributed by atoms with van der Waals surface area (Å²) < 4.78 is 47.7. The second kappa shape index (κ2) is 8.26. The summed E-state index contributed by atoms with van der Waals surface area (Å²) in [7, 11) is -3.86. The Hall–Kier alpha value is -2.70. The molecule has 2 aliphatic carbocycles. The molecule has 33 heavy (non-hydrogen) atoms. The molecule has 1 aromatic heterocycles. The van der Waals surface area contributed by atoms with Gasteiger partial charge in [0.25, 0.3) is 0 Å². The Morgan fingerprint density at radius 2 is 1.85 bits per heavy atom. The Labute approximate surface area is 194 Å². The van der Waals surface area contributed by atoms with Crippen molar-refractivity contribution in [2.45, 2.75) is 50.6 Å². The first-order valence-electron chi connectivity index (χ1n) is 11.3. The lowest BCUT2D eigenvalue weighted by atomic mass is 9.72. The highest BCUT2D eigenvalue weighted by atomic mass is 32.2. The van der Waals surface area contributed by atoms with Crippen LogP contribution in [-0.4, -0.2) is 23.2 Å². The summed E-state index contributed by atoms with van der Waals surface area (Å²) in [4.78, 5) is 0. The molecule has 0 radical (unpaired) electrons. The van der Waals surface area contributed by atoms with Crippen LogP contribution in [0.2, 0.25) is 0 Å². The number of aromatic nitrogens is 1. The van der Waals surface area contributed by atoms with Gasteiger partial charge in [-0.05, 0) is 62.3 Å². The van der Waals surface area contributed by atoms with E-state index < -0.39 is 20.6 Å². The number of ether oxygens (including phenoxy) is 1. The fourth-order valence-electron chi connectivity index (χ4n) is 5.03. The SMILES string of the molecule is CC1=CC(C)(S(=O)(=O)n2ccc3cccc(F)c32)CC=C1C1CC(OCc2ccccc2)C1. The number of rotatable bonds is 6. The maximum absolute atomic E-state index is 14.5. The molecule has 5 rings (SSSR count). The number of allylic oxidation sites excluding steroid dienone is 3. The van der Waals surface area contributed by atoms with Crippen molar-refractivity contribution in [3.8, 4) is 0 Å². The molecule has 4 nitrogen and oxygen atoms in total. The number of nitrogens with zero attached hydrogens (tertiary/aromatic N) is 1. The second-order valence-electron chi connectivity index (χ2n) is 9.38. The first-order chi connectivity index (χ1) is 15.8. The molecule has 0 amide bonds. The third kappa shape index (κ3) is 3.85. The number of halogens is 1. The first-order valence-corrected chi connectivity index (χ1v) is 12.8. The van der Waals surface area contributed by atoms with Crippen molar-refractivity contribution in [3.63, 3.8) is 0 Å². The summed E-state index contributed by atoms with van der Waals surface area (Å²) in [6, 6.07) is 16.4. The first kappa shape index (κ1) is 22.1. The van der Waals surface area contributed by atoms with Crippen LogP contribution in [0, 0.1) is 11.7 Å². The number of fused-ring (bicyclic) bond motifs is 1. The molecule has 172 valence electrons. The number of para-hydroxylation sites is 1. The lowest BCUT2D eigenvalue weighted by Gasteiger charge is -2.40. The van der Waals surface area contributed by atoms with Crippen LogP contribution < -0.4 is 0 Å². The maximum Gasteiger partial charge on any atom is 0.248 e. The average Bonchev–Trinajstić information content (AvgIpc) is 3.21. The number of hydrogen-bond donors (Lipinski definition) is 0. The van der Waals surface area contributed by atoms with E-state index in [0.29, 0.717) is 24.3 Å². The van der Waals surface area contributed by atoms with Gasteiger partial charge in [-0.2, -0.15) is 0 Å². The Bertz CT molecular complexity index is 1350. The minimum Gasteiger partial charge on any atom is -0.373 e. The lowest BCUT2D eigenvalue weighted by Crippen LogP contribution is -2.40. The summed E-state index contributed by atoms with van der Waals surface area (Å²) in [6.45, 7) is 4.31. The van der Waals surface area contributed by atoms with Crippen molar-refractivity contribution in [3.05, 3.63) is 95.5 Å². The summed E-state index contributed by atoms with van der Waals surface area (Å²) in [6.07, 6.45) is 7.85. The quantitative estimate of drug-likeness (QED) is 0.449. The Morgan fingerprint density at radius 1 is 1.09 bits per heavy atom. The number of benzene rings is 2. The summed E-state index contributed by atoms with van der Waals surface area (Å²) >= 11 is 0. The molecule has 0 aliphatic heterocycles. The van der Waals surface area contributed by atoms with Crippen molar-refractivity contribution >= 4 is 20.9 Å². The van der Waals surface area contributed by atoms with E-state index >= 15 is 0 Å². The molecule has 1 atom stereocenters. The van der Waals surface area contributed by atoms with Crippen LogP contribution in [0.25, 0.3) is 10.9 Å². The zero-order valence-corrected chi connectivity index (χ0v) is 19.7. The van der Waals surface area contributed by atoms with Crippen LogP contribution >= 0.6 is 0 Å². The van der Waals surface area contributed by atoms with Crippen molar-refractivity contribution in [2.24, 2.45) is 5.92 Å². The van der Waals surface area contributed by atoms with E-state index in [1.54, 1.807) is 25.1 Å². The predicted octanol–water partition coefficient (Wildman–Crippen LogP) is 5.99. The zero-order chi connectivity index (χ0) is 23.2. The van der Waals surface area contributed by atoms with Gasteiger partial charge < -0.3 is 4.74 Å². The summed E-state index contributed by atoms with van der Waals surface area (Å²) in [5.74, 6) is -0.146. The fourth-order valence-corrected chi connectivity index (χ4v) is 6.76. The minimum absolute atomic E-state index is 0.108. The van der Waals surface area contributed by atoms with Gasteiger partial charge in [0.05, 0.1) is 18.2 Å². The highest BCUT2D eigenvalue weighted by Gasteiger charge is 2.43. The van der Waals surface area contributed by atoms with Crippen LogP contribution in [0.5, 0.6) is 0 Å². The molecule has 0 spiro atoms. The maximum atomic E-state index is 14.5. The molecule has 2 aliphatic rings. The van der Waals surface area contributed by atoms with Crippen LogP contribution in [0.1, 0.15) is 38.7 Å². The summed E-state index contributed by atoms with van der Waals surface area (Å²) in [5, 5.41) is 0.575. The third-order valence-electron chi connectivity index (χ3n) is 7.04. The van der Waals surface area contributed by atoms with Gasteiger partial charge in [-0.15, -0.1) is 0 Å². The van der Waals surface area contributed by atoms with E-state index in [0.717, 1.165) is 22.4 Å². The van der Waals surface area contributed by atoms with Gasteiger partial charge in [0.15, 0.2) is 0 Å². The molecule has 0 bridgehead atoms. The lowest BCUT2D eigenvalue weighted by molar-refractivity contribution is -0.0305. The standard InChI is InChI=1S/C27H28FNO3S/c1-19-17-27(2,33(30,31)29-14-12-21-9-6-10-25(28)26(21)29)13-11-24(19)22-15-23(16-22)32-18-20-7-4-3-5-8-20/h3-12,14,17,22-23H,13,15-16,18H2,1-2H3. The van der Waals surface area contributed by atoms with Crippen molar-refractivity contribution in [1.82, 2.24) is 3.97 Å². The highest BCUT2D eigenvalue weighted by Crippen LogP contribution is 2.44. The van der Waals surface area contributed by atoms with Gasteiger partial charge in [-0.1, -0.05) is 60.2 Å². The van der Waals surface area contributed by atoms with Crippen LogP contribution in [0.15, 0.2) is 84.1 Å². The van der Waals surface area contributed by atoms with Crippen molar-refractivity contribution in [1.29, 1.82) is 0 Å². The molecule has 0 N–H and O–H groups in total. The van der Waals surface area contributed by atoms with E-state index in [-0.39, 0.29) is 11.6 Å². The van der Waals surface area contributed by atoms with Crippen LogP contribution in [-0.2, 0) is 21.4 Å². The molecular formula is C27H28FNO3S. The second-order valence-corrected chi connectivity index (χ2v) is 11.7. The molecule has 6 heteroatoms. The van der Waals surface area contributed by atoms with Gasteiger partial charge in [0.1, 0.15) is 10.6 Å². The highest BCUT2D eigenvalue weighted by molar-refractivity contribution is 7.91. The molecule has 1 fully saturated rings. The molecular weight excluding hydrogens is 437 g/mol. The molecule has 3 aromatic rings. The molecule has 1 saturated carbocycles. The van der Waals surface area contributed by atoms with Gasteiger partial charge in [-0.3, -0.25) is 0 Å². The van der Waals surface area contributed by atoms with Crippen molar-refractivity contribution in [2.75, 3.05) is 0 Å². The number of hydrogen-bond acceptors (Lipinski definition) is 3. The monoisotopic (exact) mass is 465 g/mol. The van der Waals surface area contributed by atoms with Gasteiger partial charge >= 0.3 is 0 Å². The van der Waals surface area contributed by atoms with Crippen molar-refractivity contribution < 1.29 is 17.5 Å². The van der Waals surface area contributed by atoms with Gasteiger partial charge in [0, 0.05) is 11.6 Å². The van der Waals surface area contributed by atoms with E-state index in [1.165, 1.54) is 23.4 Å². The largest absolute Gasteiger partial charge is 0.373 e. The normalized spacial score (nSPS) is 25.4. The molecule has 0 saturated heterocycles. The Morgan fingerprint density at radius 3 is 2.58 bits per heavy atom. The Kier molecular flexibility index (Phi) is 5.53. The van der Waals surface area contributed by atoms with Crippen LogP contribution in [0.4, 0.5) is 4.39 Å². The van der Waals surface area contributed by atoms with Gasteiger partial charge in [-0.25, -0.2) is 16.8 Å². The topological polar surface area (TPSA) is 48.3 Å². The smallest absolute Gasteiger partial charge is 0.248 e. The zero-order valence-electron chi connectivity index (χ0n) is 18.9. The third-order valence-corrected chi connectivity index (χ3v) is 9.33. The predicted molar refractivity (Wildman–Crippen MR) is 129 cm³/mol. The average molecular weight is 466 g/mol. The van der Waals surface area contributed by atoms with Crippen LogP contribution in [0.3, 0.4) is 0 Å². The fraction of sp³-hybridized carbons (Fsp3) is 0.333. The van der Waals surface area contributed by atoms with E-state index in [4.69, 9.17) is 4.74 Å². The van der Waals surface area contributed by atoms with E-state index in [2.05, 4.69) is 18.2 Å².